The number of benzene rings is 4. The first-order chi connectivity index (χ1) is 14.7. The van der Waals surface area contributed by atoms with Gasteiger partial charge in [0.1, 0.15) is 11.5 Å². The normalized spacial score (nSPS) is 13.7. The maximum Gasteiger partial charge on any atom is 0.490 e. The molecule has 0 fully saturated rings. The number of rotatable bonds is 4. The molecule has 0 saturated carbocycles. The van der Waals surface area contributed by atoms with Crippen LogP contribution in [0.15, 0.2) is 103 Å². The van der Waals surface area contributed by atoms with E-state index in [4.69, 9.17) is 9.39 Å². The van der Waals surface area contributed by atoms with E-state index in [0.717, 1.165) is 33.8 Å². The molecule has 146 valence electrons. The van der Waals surface area contributed by atoms with E-state index in [1.54, 1.807) is 0 Å². The van der Waals surface area contributed by atoms with Crippen LogP contribution in [0, 0.1) is 0 Å². The SMILES string of the molecule is COB(O)c1cccc(C2(c3ccccc3)c3ccccc3Oc3ccccc32)c1. The zero-order chi connectivity index (χ0) is 20.6. The smallest absolute Gasteiger partial charge is 0.457 e. The number of ether oxygens (including phenoxy) is 1. The molecule has 0 atom stereocenters. The van der Waals surface area contributed by atoms with Gasteiger partial charge in [-0.3, -0.25) is 0 Å². The fourth-order valence-electron chi connectivity index (χ4n) is 4.53. The van der Waals surface area contributed by atoms with Crippen molar-refractivity contribution in [2.75, 3.05) is 7.11 Å². The number of fused-ring (bicyclic) bond motifs is 2. The molecule has 0 saturated heterocycles. The molecule has 1 aliphatic rings. The number of hydrogen-bond acceptors (Lipinski definition) is 3. The molecule has 4 aromatic carbocycles. The predicted molar refractivity (Wildman–Crippen MR) is 119 cm³/mol. The Balaban J connectivity index is 1.91. The highest BCUT2D eigenvalue weighted by Crippen LogP contribution is 2.54. The predicted octanol–water partition coefficient (Wildman–Crippen LogP) is 4.51. The van der Waals surface area contributed by atoms with Gasteiger partial charge in [-0.2, -0.15) is 0 Å². The second-order valence-corrected chi connectivity index (χ2v) is 7.42. The summed E-state index contributed by atoms with van der Waals surface area (Å²) in [5, 5.41) is 10.4. The Hall–Kier alpha value is -3.34. The summed E-state index contributed by atoms with van der Waals surface area (Å²) in [6.45, 7) is 0. The monoisotopic (exact) mass is 392 g/mol. The molecule has 1 N–H and O–H groups in total. The molecule has 1 aliphatic heterocycles. The molecule has 0 bridgehead atoms. The van der Waals surface area contributed by atoms with Gasteiger partial charge in [-0.05, 0) is 28.7 Å². The fourth-order valence-corrected chi connectivity index (χ4v) is 4.53. The molecule has 3 nitrogen and oxygen atoms in total. The Morgan fingerprint density at radius 2 is 1.27 bits per heavy atom. The lowest BCUT2D eigenvalue weighted by molar-refractivity contribution is 0.341. The molecule has 5 rings (SSSR count). The van der Waals surface area contributed by atoms with Crippen molar-refractivity contribution in [3.05, 3.63) is 125 Å². The molecule has 1 heterocycles. The number of para-hydroxylation sites is 2. The lowest BCUT2D eigenvalue weighted by Crippen LogP contribution is -2.37. The first-order valence-corrected chi connectivity index (χ1v) is 9.99. The zero-order valence-electron chi connectivity index (χ0n) is 16.7. The topological polar surface area (TPSA) is 38.7 Å². The lowest BCUT2D eigenvalue weighted by Gasteiger charge is -2.41. The van der Waals surface area contributed by atoms with E-state index >= 15 is 0 Å². The molecule has 4 heteroatoms. The van der Waals surface area contributed by atoms with Crippen molar-refractivity contribution in [2.24, 2.45) is 0 Å². The highest BCUT2D eigenvalue weighted by Gasteiger charge is 2.45. The van der Waals surface area contributed by atoms with E-state index in [2.05, 4.69) is 42.5 Å². The third-order valence-electron chi connectivity index (χ3n) is 5.84. The number of hydrogen-bond donors (Lipinski definition) is 1. The van der Waals surface area contributed by atoms with E-state index in [0.29, 0.717) is 5.46 Å². The van der Waals surface area contributed by atoms with Crippen LogP contribution in [0.4, 0.5) is 0 Å². The van der Waals surface area contributed by atoms with Crippen molar-refractivity contribution >= 4 is 12.6 Å². The average Bonchev–Trinajstić information content (AvgIpc) is 2.82. The van der Waals surface area contributed by atoms with Crippen molar-refractivity contribution in [1.82, 2.24) is 0 Å². The first kappa shape index (κ1) is 18.7. The molecule has 30 heavy (non-hydrogen) atoms. The van der Waals surface area contributed by atoms with Gasteiger partial charge in [-0.15, -0.1) is 0 Å². The maximum atomic E-state index is 10.4. The van der Waals surface area contributed by atoms with Gasteiger partial charge in [0.25, 0.3) is 0 Å². The van der Waals surface area contributed by atoms with Crippen molar-refractivity contribution in [3.8, 4) is 11.5 Å². The van der Waals surface area contributed by atoms with Gasteiger partial charge in [0.15, 0.2) is 0 Å². The molecule has 0 radical (unpaired) electrons. The summed E-state index contributed by atoms with van der Waals surface area (Å²) >= 11 is 0. The van der Waals surface area contributed by atoms with Crippen LogP contribution >= 0.6 is 0 Å². The van der Waals surface area contributed by atoms with Crippen molar-refractivity contribution in [1.29, 1.82) is 0 Å². The summed E-state index contributed by atoms with van der Waals surface area (Å²) in [7, 11) is 0.520. The molecule has 0 amide bonds. The molecule has 0 unspecified atom stereocenters. The Kier molecular flexibility index (Phi) is 4.66. The van der Waals surface area contributed by atoms with Crippen LogP contribution in [0.25, 0.3) is 0 Å². The van der Waals surface area contributed by atoms with Gasteiger partial charge in [0, 0.05) is 18.2 Å². The second kappa shape index (κ2) is 7.49. The van der Waals surface area contributed by atoms with Crippen LogP contribution < -0.4 is 10.2 Å². The minimum absolute atomic E-state index is 0.587. The Bertz CT molecular complexity index is 1140. The van der Waals surface area contributed by atoms with Gasteiger partial charge >= 0.3 is 7.12 Å². The third kappa shape index (κ3) is 2.77. The van der Waals surface area contributed by atoms with Crippen LogP contribution in [-0.4, -0.2) is 19.3 Å². The van der Waals surface area contributed by atoms with Crippen LogP contribution in [-0.2, 0) is 10.1 Å². The van der Waals surface area contributed by atoms with Gasteiger partial charge in [0.2, 0.25) is 0 Å². The van der Waals surface area contributed by atoms with Gasteiger partial charge in [-0.1, -0.05) is 91.0 Å². The Labute approximate surface area is 176 Å². The van der Waals surface area contributed by atoms with Gasteiger partial charge < -0.3 is 14.4 Å². The summed E-state index contributed by atoms with van der Waals surface area (Å²) < 4.78 is 11.5. The lowest BCUT2D eigenvalue weighted by atomic mass is 9.62. The Morgan fingerprint density at radius 3 is 1.90 bits per heavy atom. The van der Waals surface area contributed by atoms with Crippen LogP contribution in [0.3, 0.4) is 0 Å². The van der Waals surface area contributed by atoms with E-state index in [1.807, 2.05) is 60.7 Å². The van der Waals surface area contributed by atoms with Crippen molar-refractivity contribution < 1.29 is 14.4 Å². The highest BCUT2D eigenvalue weighted by molar-refractivity contribution is 6.59. The minimum atomic E-state index is -0.983. The molecule has 0 aromatic heterocycles. The summed E-state index contributed by atoms with van der Waals surface area (Å²) in [6, 6.07) is 34.8. The van der Waals surface area contributed by atoms with E-state index in [-0.39, 0.29) is 0 Å². The Morgan fingerprint density at radius 1 is 0.700 bits per heavy atom. The van der Waals surface area contributed by atoms with E-state index in [9.17, 15) is 5.02 Å². The third-order valence-corrected chi connectivity index (χ3v) is 5.84. The summed E-state index contributed by atoms with van der Waals surface area (Å²) in [5.74, 6) is 1.66. The summed E-state index contributed by atoms with van der Waals surface area (Å²) in [6.07, 6.45) is 0. The largest absolute Gasteiger partial charge is 0.490 e. The zero-order valence-corrected chi connectivity index (χ0v) is 16.7. The van der Waals surface area contributed by atoms with Crippen molar-refractivity contribution in [3.63, 3.8) is 0 Å². The standard InChI is InChI=1S/C26H21BO3/c1-29-27(28)21-13-9-12-20(18-21)26(19-10-3-2-4-11-19)22-14-5-7-16-24(22)30-25-17-8-6-15-23(25)26/h2-18,28H,1H3. The maximum absolute atomic E-state index is 10.4. The summed E-state index contributed by atoms with van der Waals surface area (Å²) in [5.41, 5.74) is 4.45. The molecular formula is C26H21BO3. The molecular weight excluding hydrogens is 371 g/mol. The minimum Gasteiger partial charge on any atom is -0.457 e. The quantitative estimate of drug-likeness (QED) is 0.458. The summed E-state index contributed by atoms with van der Waals surface area (Å²) in [4.78, 5) is 0. The molecule has 0 aliphatic carbocycles. The molecule has 0 spiro atoms. The van der Waals surface area contributed by atoms with Crippen LogP contribution in [0.5, 0.6) is 11.5 Å². The fraction of sp³-hybridized carbons (Fsp3) is 0.0769. The van der Waals surface area contributed by atoms with Crippen LogP contribution in [0.1, 0.15) is 22.3 Å². The van der Waals surface area contributed by atoms with Crippen LogP contribution in [0.2, 0.25) is 0 Å². The average molecular weight is 392 g/mol. The molecule has 4 aromatic rings. The van der Waals surface area contributed by atoms with Gasteiger partial charge in [-0.25, -0.2) is 0 Å². The van der Waals surface area contributed by atoms with E-state index < -0.39 is 12.5 Å². The second-order valence-electron chi connectivity index (χ2n) is 7.42. The van der Waals surface area contributed by atoms with Crippen molar-refractivity contribution in [2.45, 2.75) is 5.41 Å². The first-order valence-electron chi connectivity index (χ1n) is 9.99. The highest BCUT2D eigenvalue weighted by atomic mass is 16.5. The van der Waals surface area contributed by atoms with Gasteiger partial charge in [0.05, 0.1) is 5.41 Å². The van der Waals surface area contributed by atoms with E-state index in [1.165, 1.54) is 7.11 Å².